The number of nitrogens with one attached hydrogen (secondary N) is 1. The Morgan fingerprint density at radius 1 is 1.00 bits per heavy atom. The largest absolute Gasteiger partial charge is 0.355 e. The topological polar surface area (TPSA) is 73.0 Å². The van der Waals surface area contributed by atoms with Crippen LogP contribution in [-0.4, -0.2) is 54.3 Å². The van der Waals surface area contributed by atoms with Crippen molar-refractivity contribution in [2.45, 2.75) is 59.0 Å². The number of rotatable bonds is 10. The number of Topliss-reactive ketones (excluding diaryl/α,β-unsaturated/α-hetero) is 1. The third-order valence-corrected chi connectivity index (χ3v) is 7.06. The highest BCUT2D eigenvalue weighted by molar-refractivity contribution is 6.01. The van der Waals surface area contributed by atoms with Crippen molar-refractivity contribution >= 4 is 23.3 Å². The summed E-state index contributed by atoms with van der Waals surface area (Å²) in [6.07, 6.45) is 4.34. The number of likely N-dealkylation sites (N-methyl/N-ethyl adjacent to an activating group) is 1. The third-order valence-electron chi connectivity index (χ3n) is 7.06. The van der Waals surface area contributed by atoms with E-state index in [4.69, 9.17) is 0 Å². The van der Waals surface area contributed by atoms with Crippen molar-refractivity contribution in [2.75, 3.05) is 31.6 Å². The smallest absolute Gasteiger partial charge is 0.256 e. The van der Waals surface area contributed by atoms with Gasteiger partial charge in [0, 0.05) is 44.4 Å². The molecular weight excluding hydrogens is 440 g/mol. The Morgan fingerprint density at radius 2 is 1.71 bits per heavy atom. The van der Waals surface area contributed by atoms with Gasteiger partial charge in [-0.3, -0.25) is 19.4 Å². The van der Waals surface area contributed by atoms with Gasteiger partial charge >= 0.3 is 0 Å². The Morgan fingerprint density at radius 3 is 2.40 bits per heavy atom. The Bertz CT molecular complexity index is 1090. The van der Waals surface area contributed by atoms with E-state index in [0.29, 0.717) is 32.5 Å². The quantitative estimate of drug-likeness (QED) is 0.530. The monoisotopic (exact) mass is 476 g/mol. The van der Waals surface area contributed by atoms with Crippen LogP contribution in [-0.2, 0) is 29.1 Å². The summed E-state index contributed by atoms with van der Waals surface area (Å²) in [6.45, 7) is 6.27. The van der Waals surface area contributed by atoms with Crippen molar-refractivity contribution in [3.63, 3.8) is 0 Å². The summed E-state index contributed by atoms with van der Waals surface area (Å²) in [5.74, 6) is -0.00653. The van der Waals surface area contributed by atoms with Gasteiger partial charge in [0.25, 0.3) is 5.91 Å². The van der Waals surface area contributed by atoms with E-state index in [1.54, 1.807) is 12.1 Å². The SMILES string of the molecule is CCCCCNC(=O)CN(CC(=O)N(C)N1Cc2ccccc2C1)c1cc2c(cc1C)C(=O)CC2. The summed E-state index contributed by atoms with van der Waals surface area (Å²) in [6, 6.07) is 12.1. The van der Waals surface area contributed by atoms with Crippen LogP contribution in [0, 0.1) is 6.92 Å². The molecule has 0 aromatic heterocycles. The van der Waals surface area contributed by atoms with E-state index in [1.807, 2.05) is 41.1 Å². The molecule has 0 spiro atoms. The first-order chi connectivity index (χ1) is 16.9. The predicted molar refractivity (Wildman–Crippen MR) is 137 cm³/mol. The summed E-state index contributed by atoms with van der Waals surface area (Å²) < 4.78 is 0. The summed E-state index contributed by atoms with van der Waals surface area (Å²) in [4.78, 5) is 40.3. The van der Waals surface area contributed by atoms with Crippen molar-refractivity contribution < 1.29 is 14.4 Å². The molecule has 0 fully saturated rings. The second-order valence-corrected chi connectivity index (χ2v) is 9.64. The number of fused-ring (bicyclic) bond motifs is 2. The van der Waals surface area contributed by atoms with E-state index in [-0.39, 0.29) is 30.7 Å². The van der Waals surface area contributed by atoms with Gasteiger partial charge in [-0.15, -0.1) is 0 Å². The van der Waals surface area contributed by atoms with Gasteiger partial charge in [-0.05, 0) is 54.2 Å². The molecule has 2 aliphatic rings. The highest BCUT2D eigenvalue weighted by Gasteiger charge is 2.28. The fraction of sp³-hybridized carbons (Fsp3) is 0.464. The standard InChI is InChI=1S/C28H36N4O3/c1-4-5-8-13-29-27(34)18-31(25-15-21-11-12-26(33)24(21)14-20(25)2)19-28(35)30(3)32-16-22-9-6-7-10-23(22)17-32/h6-7,9-10,14-15H,4-5,8,11-13,16-19H2,1-3H3,(H,29,34). The van der Waals surface area contributed by atoms with Crippen LogP contribution in [0.4, 0.5) is 5.69 Å². The Balaban J connectivity index is 1.50. The zero-order valence-corrected chi connectivity index (χ0v) is 21.1. The molecule has 0 radical (unpaired) electrons. The molecule has 2 aromatic carbocycles. The minimum Gasteiger partial charge on any atom is -0.355 e. The third kappa shape index (κ3) is 5.73. The maximum atomic E-state index is 13.4. The molecule has 0 bridgehead atoms. The van der Waals surface area contributed by atoms with Gasteiger partial charge in [0.1, 0.15) is 0 Å². The Kier molecular flexibility index (Phi) is 7.86. The van der Waals surface area contributed by atoms with E-state index >= 15 is 0 Å². The lowest BCUT2D eigenvalue weighted by molar-refractivity contribution is -0.145. The van der Waals surface area contributed by atoms with Crippen LogP contribution >= 0.6 is 0 Å². The van der Waals surface area contributed by atoms with Crippen molar-refractivity contribution in [1.82, 2.24) is 15.3 Å². The maximum absolute atomic E-state index is 13.4. The number of hydrogen-bond acceptors (Lipinski definition) is 5. The lowest BCUT2D eigenvalue weighted by Crippen LogP contribution is -2.48. The number of carbonyl (C=O) groups excluding carboxylic acids is 3. The first-order valence-electron chi connectivity index (χ1n) is 12.6. The summed E-state index contributed by atoms with van der Waals surface area (Å²) in [5, 5.41) is 6.71. The summed E-state index contributed by atoms with van der Waals surface area (Å²) in [5.41, 5.74) is 5.98. The average molecular weight is 477 g/mol. The van der Waals surface area contributed by atoms with Gasteiger partial charge in [-0.25, -0.2) is 5.01 Å². The van der Waals surface area contributed by atoms with E-state index in [2.05, 4.69) is 24.4 Å². The first kappa shape index (κ1) is 24.9. The molecular formula is C28H36N4O3. The first-order valence-corrected chi connectivity index (χ1v) is 12.6. The molecule has 2 aromatic rings. The van der Waals surface area contributed by atoms with Gasteiger partial charge < -0.3 is 10.2 Å². The van der Waals surface area contributed by atoms with Gasteiger partial charge in [-0.2, -0.15) is 0 Å². The van der Waals surface area contributed by atoms with E-state index in [1.165, 1.54) is 11.1 Å². The van der Waals surface area contributed by atoms with Crippen LogP contribution in [0.25, 0.3) is 0 Å². The van der Waals surface area contributed by atoms with E-state index in [0.717, 1.165) is 41.6 Å². The molecule has 2 amide bonds. The molecule has 1 heterocycles. The van der Waals surface area contributed by atoms with Crippen LogP contribution in [0.1, 0.15) is 65.2 Å². The van der Waals surface area contributed by atoms with Crippen LogP contribution in [0.15, 0.2) is 36.4 Å². The molecule has 186 valence electrons. The van der Waals surface area contributed by atoms with E-state index in [9.17, 15) is 14.4 Å². The fourth-order valence-electron chi connectivity index (χ4n) is 4.94. The number of aryl methyl sites for hydroxylation is 2. The molecule has 4 rings (SSSR count). The summed E-state index contributed by atoms with van der Waals surface area (Å²) >= 11 is 0. The second kappa shape index (κ2) is 11.0. The Hall–Kier alpha value is -3.19. The Labute approximate surface area is 208 Å². The average Bonchev–Trinajstić information content (AvgIpc) is 3.44. The highest BCUT2D eigenvalue weighted by atomic mass is 16.2. The predicted octanol–water partition coefficient (Wildman–Crippen LogP) is 3.63. The van der Waals surface area contributed by atoms with Crippen molar-refractivity contribution in [1.29, 1.82) is 0 Å². The lowest BCUT2D eigenvalue weighted by atomic mass is 10.0. The number of benzene rings is 2. The van der Waals surface area contributed by atoms with Crippen LogP contribution in [0.5, 0.6) is 0 Å². The number of nitrogens with zero attached hydrogens (tertiary/aromatic N) is 3. The number of anilines is 1. The van der Waals surface area contributed by atoms with Gasteiger partial charge in [-0.1, -0.05) is 44.0 Å². The molecule has 0 saturated heterocycles. The molecule has 35 heavy (non-hydrogen) atoms. The number of amides is 2. The zero-order valence-electron chi connectivity index (χ0n) is 21.1. The fourth-order valence-corrected chi connectivity index (χ4v) is 4.94. The normalized spacial score (nSPS) is 14.5. The molecule has 0 saturated carbocycles. The van der Waals surface area contributed by atoms with Gasteiger partial charge in [0.15, 0.2) is 5.78 Å². The summed E-state index contributed by atoms with van der Waals surface area (Å²) in [7, 11) is 1.80. The van der Waals surface area contributed by atoms with Gasteiger partial charge in [0.2, 0.25) is 5.91 Å². The van der Waals surface area contributed by atoms with Crippen molar-refractivity contribution in [3.8, 4) is 0 Å². The molecule has 1 N–H and O–H groups in total. The minimum atomic E-state index is -0.0962. The highest BCUT2D eigenvalue weighted by Crippen LogP contribution is 2.31. The van der Waals surface area contributed by atoms with Crippen LogP contribution < -0.4 is 10.2 Å². The zero-order chi connectivity index (χ0) is 24.9. The van der Waals surface area contributed by atoms with Crippen LogP contribution in [0.2, 0.25) is 0 Å². The molecule has 1 aliphatic carbocycles. The minimum absolute atomic E-state index is 0.0763. The molecule has 7 heteroatoms. The maximum Gasteiger partial charge on any atom is 0.256 e. The van der Waals surface area contributed by atoms with E-state index < -0.39 is 0 Å². The van der Waals surface area contributed by atoms with Gasteiger partial charge in [0.05, 0.1) is 13.1 Å². The molecule has 0 atom stereocenters. The number of carbonyl (C=O) groups is 3. The molecule has 1 aliphatic heterocycles. The molecule has 7 nitrogen and oxygen atoms in total. The number of hydrazine groups is 1. The van der Waals surface area contributed by atoms with Crippen LogP contribution in [0.3, 0.4) is 0 Å². The number of ketones is 1. The second-order valence-electron chi connectivity index (χ2n) is 9.64. The molecule has 0 unspecified atom stereocenters. The van der Waals surface area contributed by atoms with Crippen molar-refractivity contribution in [3.05, 3.63) is 64.2 Å². The van der Waals surface area contributed by atoms with Crippen molar-refractivity contribution in [2.24, 2.45) is 0 Å². The lowest BCUT2D eigenvalue weighted by Gasteiger charge is -2.32. The number of unbranched alkanes of at least 4 members (excludes halogenated alkanes) is 2. The number of hydrogen-bond donors (Lipinski definition) is 1.